The molecule has 2 heterocycles. The second-order valence-corrected chi connectivity index (χ2v) is 7.22. The lowest BCUT2D eigenvalue weighted by Crippen LogP contribution is -2.41. The van der Waals surface area contributed by atoms with Crippen LogP contribution in [-0.2, 0) is 4.74 Å². The van der Waals surface area contributed by atoms with E-state index in [-0.39, 0.29) is 12.1 Å². The molecule has 0 amide bonds. The second kappa shape index (κ2) is 8.50. The monoisotopic (exact) mass is 367 g/mol. The topological polar surface area (TPSA) is 76.3 Å². The van der Waals surface area contributed by atoms with Gasteiger partial charge in [-0.15, -0.1) is 0 Å². The van der Waals surface area contributed by atoms with Gasteiger partial charge >= 0.3 is 0 Å². The number of allylic oxidation sites excluding steroid dienone is 1. The maximum Gasteiger partial charge on any atom is 0.132 e. The van der Waals surface area contributed by atoms with E-state index in [0.717, 1.165) is 41.4 Å². The van der Waals surface area contributed by atoms with E-state index in [0.29, 0.717) is 6.61 Å². The van der Waals surface area contributed by atoms with Crippen molar-refractivity contribution in [3.8, 4) is 0 Å². The van der Waals surface area contributed by atoms with Gasteiger partial charge in [0.25, 0.3) is 0 Å². The van der Waals surface area contributed by atoms with Crippen LogP contribution in [-0.4, -0.2) is 42.8 Å². The summed E-state index contributed by atoms with van der Waals surface area (Å²) in [6.45, 7) is 8.61. The van der Waals surface area contributed by atoms with Crippen LogP contribution < -0.4 is 16.0 Å². The molecule has 1 fully saturated rings. The average molecular weight is 367 g/mol. The lowest BCUT2D eigenvalue weighted by molar-refractivity contribution is 0.0529. The Hall–Kier alpha value is -2.44. The van der Waals surface area contributed by atoms with Crippen LogP contribution in [0.3, 0.4) is 0 Å². The number of nitrogens with one attached hydrogen (secondary N) is 1. The van der Waals surface area contributed by atoms with E-state index >= 15 is 0 Å². The van der Waals surface area contributed by atoms with Crippen molar-refractivity contribution in [3.05, 3.63) is 53.0 Å². The Balaban J connectivity index is 1.92. The predicted octanol–water partition coefficient (Wildman–Crippen LogP) is 3.21. The molecule has 3 rings (SSSR count). The molecule has 2 atom stereocenters. The lowest BCUT2D eigenvalue weighted by atomic mass is 9.98. The third-order valence-corrected chi connectivity index (χ3v) is 4.69. The largest absolute Gasteiger partial charge is 0.388 e. The molecule has 0 bridgehead atoms. The first-order valence-corrected chi connectivity index (χ1v) is 9.38. The van der Waals surface area contributed by atoms with Gasteiger partial charge in [-0.1, -0.05) is 17.7 Å². The average Bonchev–Trinajstić information content (AvgIpc) is 2.67. The predicted molar refractivity (Wildman–Crippen MR) is 111 cm³/mol. The molecule has 3 N–H and O–H groups in total. The van der Waals surface area contributed by atoms with E-state index in [1.807, 2.05) is 13.1 Å². The van der Waals surface area contributed by atoms with Gasteiger partial charge in [0.2, 0.25) is 0 Å². The molecule has 1 aromatic heterocycles. The zero-order valence-electron chi connectivity index (χ0n) is 16.6. The lowest BCUT2D eigenvalue weighted by Gasteiger charge is -2.32. The molecule has 1 aromatic carbocycles. The normalized spacial score (nSPS) is 18.1. The number of anilines is 2. The smallest absolute Gasteiger partial charge is 0.132 e. The maximum absolute atomic E-state index is 6.62. The van der Waals surface area contributed by atoms with Gasteiger partial charge in [0, 0.05) is 31.9 Å². The molecule has 0 saturated carbocycles. The van der Waals surface area contributed by atoms with Crippen LogP contribution >= 0.6 is 0 Å². The summed E-state index contributed by atoms with van der Waals surface area (Å²) in [6, 6.07) is 7.95. The number of morpholine rings is 1. The Morgan fingerprint density at radius 2 is 2.15 bits per heavy atom. The van der Waals surface area contributed by atoms with Crippen molar-refractivity contribution in [2.45, 2.75) is 32.9 Å². The molecule has 0 radical (unpaired) electrons. The van der Waals surface area contributed by atoms with E-state index in [4.69, 9.17) is 10.5 Å². The quantitative estimate of drug-likeness (QED) is 0.845. The number of nitrogens with two attached hydrogens (primary N) is 1. The summed E-state index contributed by atoms with van der Waals surface area (Å²) in [5, 5.41) is 3.24. The molecule has 6 heteroatoms. The summed E-state index contributed by atoms with van der Waals surface area (Å²) in [6.07, 6.45) is 3.95. The fourth-order valence-electron chi connectivity index (χ4n) is 3.38. The summed E-state index contributed by atoms with van der Waals surface area (Å²) in [5.41, 5.74) is 11.8. The summed E-state index contributed by atoms with van der Waals surface area (Å²) < 4.78 is 5.63. The van der Waals surface area contributed by atoms with Crippen molar-refractivity contribution in [2.24, 2.45) is 5.73 Å². The van der Waals surface area contributed by atoms with Crippen molar-refractivity contribution in [1.29, 1.82) is 0 Å². The molecular weight excluding hydrogens is 338 g/mol. The Morgan fingerprint density at radius 1 is 1.33 bits per heavy atom. The number of benzene rings is 1. The molecule has 1 aliphatic rings. The fraction of sp³-hybridized carbons (Fsp3) is 0.429. The highest BCUT2D eigenvalue weighted by atomic mass is 16.5. The van der Waals surface area contributed by atoms with Crippen LogP contribution in [0.5, 0.6) is 0 Å². The summed E-state index contributed by atoms with van der Waals surface area (Å²) in [5.74, 6) is 0.900. The van der Waals surface area contributed by atoms with Crippen LogP contribution in [0.15, 0.2) is 36.2 Å². The number of rotatable bonds is 5. The van der Waals surface area contributed by atoms with Gasteiger partial charge in [-0.2, -0.15) is 0 Å². The summed E-state index contributed by atoms with van der Waals surface area (Å²) in [7, 11) is 1.91. The highest BCUT2D eigenvalue weighted by Crippen LogP contribution is 2.29. The van der Waals surface area contributed by atoms with Crippen LogP contribution in [0, 0.1) is 0 Å². The minimum atomic E-state index is -0.335. The van der Waals surface area contributed by atoms with Crippen molar-refractivity contribution in [1.82, 2.24) is 9.97 Å². The van der Waals surface area contributed by atoms with Gasteiger partial charge in [0.15, 0.2) is 0 Å². The summed E-state index contributed by atoms with van der Waals surface area (Å²) in [4.78, 5) is 11.1. The van der Waals surface area contributed by atoms with Gasteiger partial charge in [-0.25, -0.2) is 9.97 Å². The Morgan fingerprint density at radius 3 is 2.85 bits per heavy atom. The van der Waals surface area contributed by atoms with Crippen molar-refractivity contribution in [3.63, 3.8) is 0 Å². The zero-order valence-corrected chi connectivity index (χ0v) is 16.6. The number of nitrogens with zero attached hydrogens (tertiary/aromatic N) is 3. The van der Waals surface area contributed by atoms with Gasteiger partial charge in [-0.3, -0.25) is 0 Å². The van der Waals surface area contributed by atoms with E-state index in [1.165, 1.54) is 5.57 Å². The van der Waals surface area contributed by atoms with E-state index < -0.39 is 0 Å². The highest BCUT2D eigenvalue weighted by molar-refractivity contribution is 5.62. The molecule has 2 aromatic rings. The third kappa shape index (κ3) is 4.64. The Labute approximate surface area is 161 Å². The first-order chi connectivity index (χ1) is 13.0. The highest BCUT2D eigenvalue weighted by Gasteiger charge is 2.21. The van der Waals surface area contributed by atoms with E-state index in [9.17, 15) is 0 Å². The molecular formula is C21H29N5O. The molecule has 0 aliphatic carbocycles. The van der Waals surface area contributed by atoms with Crippen LogP contribution in [0.1, 0.15) is 43.6 Å². The van der Waals surface area contributed by atoms with Crippen LogP contribution in [0.4, 0.5) is 11.5 Å². The third-order valence-electron chi connectivity index (χ3n) is 4.69. The second-order valence-electron chi connectivity index (χ2n) is 7.22. The number of hydrogen-bond donors (Lipinski definition) is 2. The standard InChI is InChI=1S/C21H29N5O/c1-14(2)9-16-5-6-18(23-4)17(10-16)21(22)19-11-20(25-13-24-19)26-7-8-27-15(3)12-26/h5-6,9-11,13,15,21,23H,7-8,12,22H2,1-4H3/t15-,21?/m1/s1. The minimum absolute atomic E-state index is 0.197. The molecule has 27 heavy (non-hydrogen) atoms. The van der Waals surface area contributed by atoms with Crippen molar-refractivity contribution >= 4 is 17.6 Å². The Bertz CT molecular complexity index is 816. The number of hydrogen-bond acceptors (Lipinski definition) is 6. The Kier molecular flexibility index (Phi) is 6.08. The van der Waals surface area contributed by atoms with Gasteiger partial charge in [0.05, 0.1) is 24.4 Å². The zero-order chi connectivity index (χ0) is 19.4. The van der Waals surface area contributed by atoms with Gasteiger partial charge in [0.1, 0.15) is 12.1 Å². The SMILES string of the molecule is CNc1ccc(C=C(C)C)cc1C(N)c1cc(N2CCO[C@H](C)C2)ncn1. The van der Waals surface area contributed by atoms with E-state index in [2.05, 4.69) is 65.2 Å². The van der Waals surface area contributed by atoms with Crippen LogP contribution in [0.2, 0.25) is 0 Å². The fourth-order valence-corrected chi connectivity index (χ4v) is 3.38. The van der Waals surface area contributed by atoms with Gasteiger partial charge in [-0.05, 0) is 44.0 Å². The first kappa shape index (κ1) is 19.3. The molecule has 0 spiro atoms. The molecule has 1 aliphatic heterocycles. The first-order valence-electron chi connectivity index (χ1n) is 9.38. The van der Waals surface area contributed by atoms with Crippen molar-refractivity contribution in [2.75, 3.05) is 37.0 Å². The maximum atomic E-state index is 6.62. The molecule has 144 valence electrons. The van der Waals surface area contributed by atoms with Gasteiger partial charge < -0.3 is 20.7 Å². The summed E-state index contributed by atoms with van der Waals surface area (Å²) >= 11 is 0. The van der Waals surface area contributed by atoms with Crippen molar-refractivity contribution < 1.29 is 4.74 Å². The number of aromatic nitrogens is 2. The molecule has 1 unspecified atom stereocenters. The van der Waals surface area contributed by atoms with Crippen LogP contribution in [0.25, 0.3) is 6.08 Å². The minimum Gasteiger partial charge on any atom is -0.388 e. The molecule has 6 nitrogen and oxygen atoms in total. The number of ether oxygens (including phenoxy) is 1. The van der Waals surface area contributed by atoms with E-state index in [1.54, 1.807) is 6.33 Å². The molecule has 1 saturated heterocycles.